The van der Waals surface area contributed by atoms with Gasteiger partial charge in [0.1, 0.15) is 24.9 Å². The first-order valence-corrected chi connectivity index (χ1v) is 6.73. The largest absolute Gasteiger partial charge is 0.377 e. The van der Waals surface area contributed by atoms with E-state index in [1.165, 1.54) is 10.0 Å². The maximum Gasteiger partial charge on any atom is 0.122 e. The number of hydrazine groups is 1. The van der Waals surface area contributed by atoms with E-state index in [0.29, 0.717) is 25.7 Å². The fraction of sp³-hybridized carbons (Fsp3) is 1.00. The molecule has 0 aromatic heterocycles. The Labute approximate surface area is 109 Å². The normalized spacial score (nSPS) is 19.0. The van der Waals surface area contributed by atoms with E-state index >= 15 is 0 Å². The van der Waals surface area contributed by atoms with E-state index in [4.69, 9.17) is 0 Å². The molecule has 18 heavy (non-hydrogen) atoms. The summed E-state index contributed by atoms with van der Waals surface area (Å²) in [6, 6.07) is 0. The van der Waals surface area contributed by atoms with E-state index in [9.17, 15) is 20.4 Å². The molecule has 0 bridgehead atoms. The third-order valence-corrected chi connectivity index (χ3v) is 2.95. The zero-order valence-corrected chi connectivity index (χ0v) is 11.8. The second kappa shape index (κ2) is 8.79. The average Bonchev–Trinajstić information content (AvgIpc) is 2.41. The van der Waals surface area contributed by atoms with Crippen LogP contribution < -0.4 is 0 Å². The number of aliphatic hydroxyl groups excluding tert-OH is 4. The maximum atomic E-state index is 9.98. The number of aliphatic hydroxyl groups is 4. The molecule has 4 atom stereocenters. The monoisotopic (exact) mass is 264 g/mol. The van der Waals surface area contributed by atoms with Gasteiger partial charge in [0.15, 0.2) is 0 Å². The SMILES string of the molecule is CCC(O)N(C(O)CC)N(C(O)CC)C(O)CC. The molecule has 0 fully saturated rings. The highest BCUT2D eigenvalue weighted by Crippen LogP contribution is 2.19. The van der Waals surface area contributed by atoms with E-state index in [-0.39, 0.29) is 0 Å². The van der Waals surface area contributed by atoms with Gasteiger partial charge in [0.2, 0.25) is 0 Å². The van der Waals surface area contributed by atoms with Crippen LogP contribution in [0.5, 0.6) is 0 Å². The first-order chi connectivity index (χ1) is 8.44. The molecule has 0 aliphatic carbocycles. The van der Waals surface area contributed by atoms with Crippen LogP contribution in [-0.4, -0.2) is 55.4 Å². The molecule has 4 unspecified atom stereocenters. The molecule has 0 amide bonds. The van der Waals surface area contributed by atoms with Crippen molar-refractivity contribution in [1.29, 1.82) is 0 Å². The second-order valence-corrected chi connectivity index (χ2v) is 4.32. The molecular weight excluding hydrogens is 236 g/mol. The lowest BCUT2D eigenvalue weighted by Gasteiger charge is -2.44. The lowest BCUT2D eigenvalue weighted by Crippen LogP contribution is -2.61. The van der Waals surface area contributed by atoms with Crippen LogP contribution in [0.4, 0.5) is 0 Å². The van der Waals surface area contributed by atoms with Crippen molar-refractivity contribution in [2.24, 2.45) is 0 Å². The quantitative estimate of drug-likeness (QED) is 0.357. The summed E-state index contributed by atoms with van der Waals surface area (Å²) in [7, 11) is 0. The fourth-order valence-corrected chi connectivity index (χ4v) is 1.76. The lowest BCUT2D eigenvalue weighted by atomic mass is 10.3. The summed E-state index contributed by atoms with van der Waals surface area (Å²) < 4.78 is 0. The Bertz CT molecular complexity index is 176. The van der Waals surface area contributed by atoms with Gasteiger partial charge in [-0.25, -0.2) is 0 Å². The minimum absolute atomic E-state index is 0.389. The van der Waals surface area contributed by atoms with Gasteiger partial charge in [-0.3, -0.25) is 0 Å². The number of hydrogen-bond donors (Lipinski definition) is 4. The summed E-state index contributed by atoms with van der Waals surface area (Å²) in [5.74, 6) is 0. The van der Waals surface area contributed by atoms with Gasteiger partial charge in [0.05, 0.1) is 0 Å². The topological polar surface area (TPSA) is 87.4 Å². The van der Waals surface area contributed by atoms with E-state index in [1.807, 2.05) is 0 Å². The summed E-state index contributed by atoms with van der Waals surface area (Å²) in [4.78, 5) is 0. The highest BCUT2D eigenvalue weighted by Gasteiger charge is 2.34. The number of hydrogen-bond acceptors (Lipinski definition) is 6. The van der Waals surface area contributed by atoms with Gasteiger partial charge in [-0.15, -0.1) is 0 Å². The van der Waals surface area contributed by atoms with Crippen LogP contribution in [0.3, 0.4) is 0 Å². The van der Waals surface area contributed by atoms with Crippen molar-refractivity contribution in [3.63, 3.8) is 0 Å². The molecule has 4 N–H and O–H groups in total. The van der Waals surface area contributed by atoms with Crippen LogP contribution in [0.2, 0.25) is 0 Å². The molecule has 0 radical (unpaired) electrons. The Morgan fingerprint density at radius 1 is 0.556 bits per heavy atom. The summed E-state index contributed by atoms with van der Waals surface area (Å²) in [5.41, 5.74) is 0. The number of nitrogens with zero attached hydrogens (tertiary/aromatic N) is 2. The summed E-state index contributed by atoms with van der Waals surface area (Å²) in [6.07, 6.45) is -2.21. The van der Waals surface area contributed by atoms with E-state index < -0.39 is 24.9 Å². The molecule has 6 heteroatoms. The summed E-state index contributed by atoms with van der Waals surface area (Å²) in [5, 5.41) is 42.5. The second-order valence-electron chi connectivity index (χ2n) is 4.32. The minimum Gasteiger partial charge on any atom is -0.377 e. The lowest BCUT2D eigenvalue weighted by molar-refractivity contribution is -0.306. The Hall–Kier alpha value is -0.240. The van der Waals surface area contributed by atoms with Gasteiger partial charge in [-0.1, -0.05) is 27.7 Å². The van der Waals surface area contributed by atoms with Crippen molar-refractivity contribution in [2.75, 3.05) is 0 Å². The molecule has 0 saturated heterocycles. The zero-order chi connectivity index (χ0) is 14.3. The first kappa shape index (κ1) is 17.8. The fourth-order valence-electron chi connectivity index (χ4n) is 1.76. The molecule has 0 saturated carbocycles. The van der Waals surface area contributed by atoms with Gasteiger partial charge in [-0.05, 0) is 25.7 Å². The van der Waals surface area contributed by atoms with Crippen LogP contribution in [0.15, 0.2) is 0 Å². The van der Waals surface area contributed by atoms with E-state index in [2.05, 4.69) is 0 Å². The van der Waals surface area contributed by atoms with Gasteiger partial charge >= 0.3 is 0 Å². The van der Waals surface area contributed by atoms with Gasteiger partial charge < -0.3 is 20.4 Å². The zero-order valence-electron chi connectivity index (χ0n) is 11.8. The standard InChI is InChI=1S/C12H28N2O4/c1-5-9(15)13(10(16)6-2)14(11(17)7-3)12(18)8-4/h9-12,15-18H,5-8H2,1-4H3. The Morgan fingerprint density at radius 3 is 0.833 bits per heavy atom. The highest BCUT2D eigenvalue weighted by atomic mass is 16.4. The predicted molar refractivity (Wildman–Crippen MR) is 68.9 cm³/mol. The van der Waals surface area contributed by atoms with Crippen LogP contribution >= 0.6 is 0 Å². The molecule has 0 spiro atoms. The molecule has 6 nitrogen and oxygen atoms in total. The summed E-state index contributed by atoms with van der Waals surface area (Å²) in [6.45, 7) is 7.09. The Balaban J connectivity index is 5.18. The maximum absolute atomic E-state index is 9.98. The van der Waals surface area contributed by atoms with Crippen LogP contribution in [0, 0.1) is 0 Å². The molecule has 0 aliphatic heterocycles. The van der Waals surface area contributed by atoms with Crippen molar-refractivity contribution in [3.8, 4) is 0 Å². The van der Waals surface area contributed by atoms with Gasteiger partial charge in [0, 0.05) is 0 Å². The third kappa shape index (κ3) is 4.46. The Kier molecular flexibility index (Phi) is 8.67. The third-order valence-electron chi connectivity index (χ3n) is 2.95. The van der Waals surface area contributed by atoms with Crippen LogP contribution in [0.1, 0.15) is 53.4 Å². The van der Waals surface area contributed by atoms with Gasteiger partial charge in [-0.2, -0.15) is 10.0 Å². The predicted octanol–water partition coefficient (Wildman–Crippen LogP) is 0.419. The Morgan fingerprint density at radius 2 is 0.722 bits per heavy atom. The summed E-state index contributed by atoms with van der Waals surface area (Å²) >= 11 is 0. The van der Waals surface area contributed by atoms with Crippen molar-refractivity contribution in [2.45, 2.75) is 78.3 Å². The van der Waals surface area contributed by atoms with Crippen LogP contribution in [-0.2, 0) is 0 Å². The number of rotatable bonds is 9. The minimum atomic E-state index is -0.942. The smallest absolute Gasteiger partial charge is 0.122 e. The van der Waals surface area contributed by atoms with Crippen LogP contribution in [0.25, 0.3) is 0 Å². The van der Waals surface area contributed by atoms with Crippen molar-refractivity contribution < 1.29 is 20.4 Å². The van der Waals surface area contributed by atoms with Gasteiger partial charge in [0.25, 0.3) is 0 Å². The molecule has 0 heterocycles. The molecule has 0 aromatic carbocycles. The van der Waals surface area contributed by atoms with Crippen molar-refractivity contribution >= 4 is 0 Å². The van der Waals surface area contributed by atoms with E-state index in [0.717, 1.165) is 0 Å². The molecule has 0 aliphatic rings. The highest BCUT2D eigenvalue weighted by molar-refractivity contribution is 4.68. The average molecular weight is 264 g/mol. The van der Waals surface area contributed by atoms with Crippen molar-refractivity contribution in [3.05, 3.63) is 0 Å². The molecule has 110 valence electrons. The molecule has 0 aromatic rings. The first-order valence-electron chi connectivity index (χ1n) is 6.73. The van der Waals surface area contributed by atoms with E-state index in [1.54, 1.807) is 27.7 Å². The molecular formula is C12H28N2O4. The van der Waals surface area contributed by atoms with Crippen molar-refractivity contribution in [1.82, 2.24) is 10.0 Å². The molecule has 0 rings (SSSR count).